The summed E-state index contributed by atoms with van der Waals surface area (Å²) >= 11 is 1.32. The number of carbonyl (C=O) groups is 3. The van der Waals surface area contributed by atoms with Gasteiger partial charge in [0, 0.05) is 32.4 Å². The molecule has 0 spiro atoms. The predicted molar refractivity (Wildman–Crippen MR) is 79.9 cm³/mol. The van der Waals surface area contributed by atoms with Crippen molar-refractivity contribution in [2.24, 2.45) is 5.92 Å². The summed E-state index contributed by atoms with van der Waals surface area (Å²) in [6.07, 6.45) is 0.421. The number of ketones is 1. The molecule has 0 aliphatic carbocycles. The molecular formula is C14H23NO5S. The molecule has 120 valence electrons. The highest BCUT2D eigenvalue weighted by atomic mass is 32.2. The smallest absolute Gasteiger partial charge is 0.242 e. The number of thioether (sulfide) groups is 1. The van der Waals surface area contributed by atoms with Gasteiger partial charge in [-0.25, -0.2) is 0 Å². The van der Waals surface area contributed by atoms with Gasteiger partial charge >= 0.3 is 0 Å². The summed E-state index contributed by atoms with van der Waals surface area (Å²) in [6.45, 7) is 4.78. The van der Waals surface area contributed by atoms with Crippen LogP contribution in [-0.2, 0) is 23.9 Å². The third-order valence-electron chi connectivity index (χ3n) is 3.21. The molecule has 0 saturated carbocycles. The first kappa shape index (κ1) is 18.1. The largest absolute Gasteiger partial charge is 0.382 e. The minimum absolute atomic E-state index is 0.0644. The van der Waals surface area contributed by atoms with E-state index in [1.54, 1.807) is 7.11 Å². The Kier molecular flexibility index (Phi) is 7.92. The normalized spacial score (nSPS) is 18.9. The van der Waals surface area contributed by atoms with Crippen LogP contribution in [-0.4, -0.2) is 60.6 Å². The number of hydrogen-bond acceptors (Lipinski definition) is 6. The highest BCUT2D eigenvalue weighted by Crippen LogP contribution is 2.25. The van der Waals surface area contributed by atoms with Crippen LogP contribution < -0.4 is 0 Å². The minimum atomic E-state index is -0.394. The first-order valence-corrected chi connectivity index (χ1v) is 8.07. The summed E-state index contributed by atoms with van der Waals surface area (Å²) in [6, 6.07) is 0. The fourth-order valence-corrected chi connectivity index (χ4v) is 2.77. The lowest BCUT2D eigenvalue weighted by atomic mass is 10.1. The zero-order chi connectivity index (χ0) is 15.8. The van der Waals surface area contributed by atoms with Crippen molar-refractivity contribution in [3.8, 4) is 0 Å². The molecule has 1 saturated heterocycles. The molecule has 7 heteroatoms. The molecule has 0 aromatic carbocycles. The maximum atomic E-state index is 12.1. The van der Waals surface area contributed by atoms with Crippen molar-refractivity contribution in [1.29, 1.82) is 0 Å². The van der Waals surface area contributed by atoms with Gasteiger partial charge in [-0.15, -0.1) is 11.8 Å². The van der Waals surface area contributed by atoms with Crippen molar-refractivity contribution in [2.45, 2.75) is 31.9 Å². The molecule has 0 N–H and O–H groups in total. The van der Waals surface area contributed by atoms with Crippen molar-refractivity contribution >= 4 is 29.4 Å². The Morgan fingerprint density at radius 2 is 2.10 bits per heavy atom. The average Bonchev–Trinajstić information content (AvgIpc) is 2.70. The van der Waals surface area contributed by atoms with Crippen molar-refractivity contribution < 1.29 is 23.9 Å². The van der Waals surface area contributed by atoms with Gasteiger partial charge in [0.2, 0.25) is 11.8 Å². The third-order valence-corrected chi connectivity index (χ3v) is 4.29. The number of methoxy groups -OCH3 is 1. The van der Waals surface area contributed by atoms with Crippen LogP contribution in [0.2, 0.25) is 0 Å². The lowest BCUT2D eigenvalue weighted by Gasteiger charge is -2.15. The molecule has 0 radical (unpaired) electrons. The molecule has 1 rings (SSSR count). The van der Waals surface area contributed by atoms with E-state index in [1.807, 2.05) is 13.8 Å². The monoisotopic (exact) mass is 317 g/mol. The van der Waals surface area contributed by atoms with Gasteiger partial charge in [0.25, 0.3) is 0 Å². The summed E-state index contributed by atoms with van der Waals surface area (Å²) in [4.78, 5) is 36.7. The lowest BCUT2D eigenvalue weighted by Crippen LogP contribution is -2.33. The SMILES string of the molecule is COCCOCSC1CC(=O)N(CCC(=O)C(C)C)C1=O. The Balaban J connectivity index is 2.35. The molecule has 1 aliphatic rings. The van der Waals surface area contributed by atoms with Crippen LogP contribution in [0.1, 0.15) is 26.7 Å². The second-order valence-corrected chi connectivity index (χ2v) is 6.27. The molecular weight excluding hydrogens is 294 g/mol. The van der Waals surface area contributed by atoms with E-state index in [1.165, 1.54) is 16.7 Å². The number of amides is 2. The Hall–Kier alpha value is -0.920. The zero-order valence-electron chi connectivity index (χ0n) is 12.8. The first-order valence-electron chi connectivity index (χ1n) is 7.02. The van der Waals surface area contributed by atoms with E-state index in [4.69, 9.17) is 9.47 Å². The Bertz CT molecular complexity index is 386. The molecule has 2 amide bonds. The van der Waals surface area contributed by atoms with E-state index in [0.29, 0.717) is 19.2 Å². The van der Waals surface area contributed by atoms with Crippen LogP contribution in [0.3, 0.4) is 0 Å². The molecule has 0 aromatic heterocycles. The van der Waals surface area contributed by atoms with E-state index < -0.39 is 5.25 Å². The Labute approximate surface area is 129 Å². The van der Waals surface area contributed by atoms with Crippen molar-refractivity contribution in [3.05, 3.63) is 0 Å². The van der Waals surface area contributed by atoms with Crippen molar-refractivity contribution in [3.63, 3.8) is 0 Å². The molecule has 1 atom stereocenters. The van der Waals surface area contributed by atoms with Gasteiger partial charge in [-0.1, -0.05) is 13.8 Å². The fourth-order valence-electron chi connectivity index (χ4n) is 1.86. The highest BCUT2D eigenvalue weighted by Gasteiger charge is 2.38. The molecule has 1 fully saturated rings. The van der Waals surface area contributed by atoms with E-state index in [-0.39, 0.29) is 42.9 Å². The van der Waals surface area contributed by atoms with Gasteiger partial charge in [-0.2, -0.15) is 0 Å². The summed E-state index contributed by atoms with van der Waals surface area (Å²) in [5, 5.41) is -0.394. The maximum Gasteiger partial charge on any atom is 0.242 e. The van der Waals surface area contributed by atoms with E-state index in [9.17, 15) is 14.4 Å². The van der Waals surface area contributed by atoms with Crippen LogP contribution >= 0.6 is 11.8 Å². The molecule has 1 unspecified atom stereocenters. The molecule has 0 aromatic rings. The van der Waals surface area contributed by atoms with E-state index in [2.05, 4.69) is 0 Å². The number of carbonyl (C=O) groups excluding carboxylic acids is 3. The Morgan fingerprint density at radius 3 is 2.71 bits per heavy atom. The number of rotatable bonds is 10. The van der Waals surface area contributed by atoms with Crippen LogP contribution in [0.15, 0.2) is 0 Å². The summed E-state index contributed by atoms with van der Waals surface area (Å²) in [7, 11) is 1.59. The van der Waals surface area contributed by atoms with Gasteiger partial charge < -0.3 is 9.47 Å². The first-order chi connectivity index (χ1) is 9.97. The topological polar surface area (TPSA) is 72.9 Å². The van der Waals surface area contributed by atoms with Gasteiger partial charge in [-0.05, 0) is 0 Å². The lowest BCUT2D eigenvalue weighted by molar-refractivity contribution is -0.138. The number of likely N-dealkylation sites (tertiary alicyclic amines) is 1. The summed E-state index contributed by atoms with van der Waals surface area (Å²) in [5.74, 6) is -0.0687. The van der Waals surface area contributed by atoms with Crippen molar-refractivity contribution in [1.82, 2.24) is 4.90 Å². The van der Waals surface area contributed by atoms with Gasteiger partial charge in [-0.3, -0.25) is 19.3 Å². The van der Waals surface area contributed by atoms with Crippen LogP contribution in [0, 0.1) is 5.92 Å². The number of imide groups is 1. The minimum Gasteiger partial charge on any atom is -0.382 e. The standard InChI is InChI=1S/C14H23NO5S/c1-10(2)11(16)4-5-15-13(17)8-12(14(15)18)21-9-20-7-6-19-3/h10,12H,4-9H2,1-3H3. The molecule has 1 heterocycles. The molecule has 1 aliphatic heterocycles. The van der Waals surface area contributed by atoms with Crippen LogP contribution in [0.25, 0.3) is 0 Å². The Morgan fingerprint density at radius 1 is 1.38 bits per heavy atom. The number of ether oxygens (including phenoxy) is 2. The zero-order valence-corrected chi connectivity index (χ0v) is 13.6. The number of Topliss-reactive ketones (excluding diaryl/α,β-unsaturated/α-hetero) is 1. The van der Waals surface area contributed by atoms with Crippen LogP contribution in [0.5, 0.6) is 0 Å². The van der Waals surface area contributed by atoms with Gasteiger partial charge in [0.15, 0.2) is 0 Å². The van der Waals surface area contributed by atoms with Crippen molar-refractivity contribution in [2.75, 3.05) is 32.8 Å². The number of nitrogens with zero attached hydrogens (tertiary/aromatic N) is 1. The maximum absolute atomic E-state index is 12.1. The average molecular weight is 317 g/mol. The highest BCUT2D eigenvalue weighted by molar-refractivity contribution is 8.00. The quantitative estimate of drug-likeness (QED) is 0.341. The predicted octanol–water partition coefficient (Wildman–Crippen LogP) is 1.08. The third kappa shape index (κ3) is 5.76. The van der Waals surface area contributed by atoms with Gasteiger partial charge in [0.1, 0.15) is 5.78 Å². The molecule has 21 heavy (non-hydrogen) atoms. The summed E-state index contributed by atoms with van der Waals surface area (Å²) < 4.78 is 10.1. The van der Waals surface area contributed by atoms with E-state index in [0.717, 1.165) is 0 Å². The second-order valence-electron chi connectivity index (χ2n) is 5.13. The van der Waals surface area contributed by atoms with Crippen LogP contribution in [0.4, 0.5) is 0 Å². The summed E-state index contributed by atoms with van der Waals surface area (Å²) in [5.41, 5.74) is 0. The number of hydrogen-bond donors (Lipinski definition) is 0. The van der Waals surface area contributed by atoms with E-state index >= 15 is 0 Å². The van der Waals surface area contributed by atoms with Gasteiger partial charge in [0.05, 0.1) is 24.4 Å². The molecule has 6 nitrogen and oxygen atoms in total. The second kappa shape index (κ2) is 9.17. The molecule has 0 bridgehead atoms. The fraction of sp³-hybridized carbons (Fsp3) is 0.786.